The van der Waals surface area contributed by atoms with Gasteiger partial charge < -0.3 is 15.1 Å². The van der Waals surface area contributed by atoms with Gasteiger partial charge in [0.15, 0.2) is 5.76 Å². The molecule has 2 amide bonds. The van der Waals surface area contributed by atoms with E-state index in [1.165, 1.54) is 23.7 Å². The third kappa shape index (κ3) is 4.80. The molecule has 126 valence electrons. The lowest BCUT2D eigenvalue weighted by molar-refractivity contribution is -0.113. The summed E-state index contributed by atoms with van der Waals surface area (Å²) < 4.78 is 6.14. The maximum absolute atomic E-state index is 12.6. The van der Waals surface area contributed by atoms with Gasteiger partial charge in [-0.3, -0.25) is 9.59 Å². The second-order valence-electron chi connectivity index (χ2n) is 4.97. The Hall–Kier alpha value is -2.39. The number of hydrogen-bond acceptors (Lipinski definition) is 4. The first-order valence-corrected chi connectivity index (χ1v) is 9.24. The molecule has 0 radical (unpaired) electrons. The summed E-state index contributed by atoms with van der Waals surface area (Å²) in [6, 6.07) is 14.3. The highest BCUT2D eigenvalue weighted by atomic mass is 127. The van der Waals surface area contributed by atoms with Gasteiger partial charge in [0.2, 0.25) is 0 Å². The zero-order valence-corrected chi connectivity index (χ0v) is 15.8. The van der Waals surface area contributed by atoms with Crippen LogP contribution in [-0.4, -0.2) is 11.8 Å². The number of benzene rings is 1. The lowest BCUT2D eigenvalue weighted by Gasteiger charge is -2.10. The Bertz CT molecular complexity index is 885. The molecule has 0 spiro atoms. The van der Waals surface area contributed by atoms with Crippen LogP contribution in [0.2, 0.25) is 0 Å². The van der Waals surface area contributed by atoms with Crippen molar-refractivity contribution in [3.63, 3.8) is 0 Å². The van der Waals surface area contributed by atoms with Gasteiger partial charge in [-0.1, -0.05) is 6.07 Å². The Labute approximate surface area is 161 Å². The van der Waals surface area contributed by atoms with Crippen molar-refractivity contribution >= 4 is 57.5 Å². The number of thiophene rings is 1. The van der Waals surface area contributed by atoms with Crippen LogP contribution in [0.1, 0.15) is 15.4 Å². The first kappa shape index (κ1) is 17.4. The van der Waals surface area contributed by atoms with Crippen LogP contribution in [0.3, 0.4) is 0 Å². The highest BCUT2D eigenvalue weighted by Gasteiger charge is 2.16. The highest BCUT2D eigenvalue weighted by molar-refractivity contribution is 14.1. The van der Waals surface area contributed by atoms with E-state index in [0.717, 1.165) is 8.45 Å². The van der Waals surface area contributed by atoms with Crippen molar-refractivity contribution in [3.8, 4) is 0 Å². The Morgan fingerprint density at radius 3 is 2.52 bits per heavy atom. The normalized spacial score (nSPS) is 11.2. The number of nitrogens with one attached hydrogen (secondary N) is 2. The fourth-order valence-electron chi connectivity index (χ4n) is 2.00. The molecule has 0 saturated carbocycles. The maximum Gasteiger partial charge on any atom is 0.291 e. The number of halogens is 1. The van der Waals surface area contributed by atoms with Gasteiger partial charge in [0.25, 0.3) is 11.8 Å². The quantitative estimate of drug-likeness (QED) is 0.436. The molecule has 0 saturated heterocycles. The van der Waals surface area contributed by atoms with Crippen LogP contribution in [0, 0.1) is 3.57 Å². The van der Waals surface area contributed by atoms with Crippen molar-refractivity contribution in [2.24, 2.45) is 0 Å². The lowest BCUT2D eigenvalue weighted by atomic mass is 10.2. The Kier molecular flexibility index (Phi) is 5.67. The van der Waals surface area contributed by atoms with Crippen LogP contribution in [0.15, 0.2) is 70.3 Å². The average molecular weight is 464 g/mol. The molecule has 0 atom stereocenters. The fourth-order valence-corrected chi connectivity index (χ4v) is 3.01. The molecule has 2 N–H and O–H groups in total. The molecule has 0 unspecified atom stereocenters. The molecule has 0 aliphatic heterocycles. The van der Waals surface area contributed by atoms with Gasteiger partial charge in [-0.25, -0.2) is 0 Å². The molecule has 0 aliphatic carbocycles. The summed E-state index contributed by atoms with van der Waals surface area (Å²) in [6.07, 6.45) is 3.04. The van der Waals surface area contributed by atoms with Crippen LogP contribution in [0.25, 0.3) is 6.08 Å². The summed E-state index contributed by atoms with van der Waals surface area (Å²) in [5.41, 5.74) is 0.789. The van der Waals surface area contributed by atoms with Gasteiger partial charge in [0.05, 0.1) is 6.26 Å². The minimum atomic E-state index is -0.481. The van der Waals surface area contributed by atoms with Crippen LogP contribution >= 0.6 is 33.9 Å². The van der Waals surface area contributed by atoms with Gasteiger partial charge in [-0.2, -0.15) is 0 Å². The smallest absolute Gasteiger partial charge is 0.291 e. The third-order valence-corrected chi connectivity index (χ3v) is 4.71. The van der Waals surface area contributed by atoms with Crippen LogP contribution in [0.5, 0.6) is 0 Å². The minimum Gasteiger partial charge on any atom is -0.459 e. The molecule has 5 nitrogen and oxygen atoms in total. The highest BCUT2D eigenvalue weighted by Crippen LogP contribution is 2.16. The van der Waals surface area contributed by atoms with E-state index in [0.29, 0.717) is 5.69 Å². The zero-order valence-electron chi connectivity index (χ0n) is 12.9. The average Bonchev–Trinajstić information content (AvgIpc) is 3.29. The van der Waals surface area contributed by atoms with Crippen molar-refractivity contribution in [1.29, 1.82) is 0 Å². The van der Waals surface area contributed by atoms with Crippen LogP contribution in [0.4, 0.5) is 5.69 Å². The first-order chi connectivity index (χ1) is 12.1. The topological polar surface area (TPSA) is 71.3 Å². The zero-order chi connectivity index (χ0) is 17.6. The standard InChI is InChI=1S/C18H13IN2O3S/c19-12-5-7-13(8-6-12)20-17(22)15(11-14-3-2-10-25-14)21-18(23)16-4-1-9-24-16/h1-11H,(H,20,22)(H,21,23). The van der Waals surface area contributed by atoms with Crippen LogP contribution in [-0.2, 0) is 4.79 Å². The van der Waals surface area contributed by atoms with E-state index in [2.05, 4.69) is 33.2 Å². The van der Waals surface area contributed by atoms with Gasteiger partial charge in [0.1, 0.15) is 5.70 Å². The SMILES string of the molecule is O=C(Nc1ccc(I)cc1)C(=Cc1cccs1)NC(=O)c1ccco1. The molecule has 7 heteroatoms. The summed E-state index contributed by atoms with van der Waals surface area (Å²) in [6.45, 7) is 0. The molecule has 1 aromatic carbocycles. The molecule has 2 aromatic heterocycles. The summed E-state index contributed by atoms with van der Waals surface area (Å²) >= 11 is 3.66. The van der Waals surface area contributed by atoms with E-state index in [1.54, 1.807) is 24.3 Å². The number of carbonyl (C=O) groups excluding carboxylic acids is 2. The van der Waals surface area contributed by atoms with Crippen molar-refractivity contribution in [3.05, 3.63) is 80.1 Å². The molecular weight excluding hydrogens is 451 g/mol. The number of hydrogen-bond donors (Lipinski definition) is 2. The second-order valence-corrected chi connectivity index (χ2v) is 7.19. The van der Waals surface area contributed by atoms with Crippen molar-refractivity contribution in [2.45, 2.75) is 0 Å². The fraction of sp³-hybridized carbons (Fsp3) is 0. The predicted octanol–water partition coefficient (Wildman–Crippen LogP) is 4.36. The molecule has 0 fully saturated rings. The lowest BCUT2D eigenvalue weighted by Crippen LogP contribution is -2.30. The number of amides is 2. The van der Waals surface area contributed by atoms with Gasteiger partial charge >= 0.3 is 0 Å². The Morgan fingerprint density at radius 2 is 1.88 bits per heavy atom. The number of rotatable bonds is 5. The van der Waals surface area contributed by atoms with E-state index in [4.69, 9.17) is 4.42 Å². The second kappa shape index (κ2) is 8.13. The summed E-state index contributed by atoms with van der Waals surface area (Å²) in [7, 11) is 0. The van der Waals surface area contributed by atoms with E-state index in [9.17, 15) is 9.59 Å². The Balaban J connectivity index is 1.81. The van der Waals surface area contributed by atoms with E-state index in [1.807, 2.05) is 29.6 Å². The van der Waals surface area contributed by atoms with Crippen LogP contribution < -0.4 is 10.6 Å². The largest absolute Gasteiger partial charge is 0.459 e. The van der Waals surface area contributed by atoms with Gasteiger partial charge in [-0.15, -0.1) is 11.3 Å². The summed E-state index contributed by atoms with van der Waals surface area (Å²) in [5.74, 6) is -0.751. The van der Waals surface area contributed by atoms with Crippen molar-refractivity contribution < 1.29 is 14.0 Å². The van der Waals surface area contributed by atoms with Gasteiger partial charge in [-0.05, 0) is 76.5 Å². The molecule has 3 aromatic rings. The summed E-state index contributed by atoms with van der Waals surface area (Å²) in [5, 5.41) is 7.29. The minimum absolute atomic E-state index is 0.138. The van der Waals surface area contributed by atoms with Crippen molar-refractivity contribution in [1.82, 2.24) is 5.32 Å². The molecule has 0 bridgehead atoms. The van der Waals surface area contributed by atoms with Gasteiger partial charge in [0, 0.05) is 14.1 Å². The van der Waals surface area contributed by atoms with Crippen molar-refractivity contribution in [2.75, 3.05) is 5.32 Å². The third-order valence-electron chi connectivity index (χ3n) is 3.17. The number of carbonyl (C=O) groups is 2. The van der Waals surface area contributed by atoms with E-state index in [-0.39, 0.29) is 11.5 Å². The van der Waals surface area contributed by atoms with E-state index < -0.39 is 11.8 Å². The summed E-state index contributed by atoms with van der Waals surface area (Å²) in [4.78, 5) is 25.7. The molecule has 3 rings (SSSR count). The first-order valence-electron chi connectivity index (χ1n) is 7.29. The number of anilines is 1. The molecule has 25 heavy (non-hydrogen) atoms. The monoisotopic (exact) mass is 464 g/mol. The Morgan fingerprint density at radius 1 is 1.08 bits per heavy atom. The molecule has 0 aliphatic rings. The predicted molar refractivity (Wildman–Crippen MR) is 106 cm³/mol. The maximum atomic E-state index is 12.6. The number of furan rings is 1. The molecule has 2 heterocycles. The molecular formula is C18H13IN2O3S. The van der Waals surface area contributed by atoms with E-state index >= 15 is 0 Å².